The molecule has 0 spiro atoms. The first-order valence-corrected chi connectivity index (χ1v) is 6.39. The summed E-state index contributed by atoms with van der Waals surface area (Å²) in [5, 5.41) is 11.4. The molecule has 1 aromatic carbocycles. The second kappa shape index (κ2) is 4.85. The molecule has 96 valence electrons. The van der Waals surface area contributed by atoms with Crippen molar-refractivity contribution in [1.82, 2.24) is 19.6 Å². The molecule has 0 amide bonds. The number of rotatable bonds is 3. The van der Waals surface area contributed by atoms with Crippen LogP contribution in [0.3, 0.4) is 0 Å². The Morgan fingerprint density at radius 3 is 2.74 bits per heavy atom. The van der Waals surface area contributed by atoms with E-state index in [1.807, 2.05) is 41.8 Å². The first-order valence-electron chi connectivity index (χ1n) is 5.86. The number of fused-ring (bicyclic) bond motifs is 1. The maximum Gasteiger partial charge on any atom is 0.204 e. The molecule has 0 aliphatic rings. The van der Waals surface area contributed by atoms with E-state index in [0.29, 0.717) is 17.3 Å². The fraction of sp³-hybridized carbons (Fsp3) is 0.154. The third-order valence-corrected chi connectivity index (χ3v) is 3.18. The van der Waals surface area contributed by atoms with Gasteiger partial charge >= 0.3 is 0 Å². The fourth-order valence-electron chi connectivity index (χ4n) is 1.84. The van der Waals surface area contributed by atoms with Crippen molar-refractivity contribution in [2.75, 3.05) is 5.32 Å². The van der Waals surface area contributed by atoms with Crippen molar-refractivity contribution in [3.63, 3.8) is 0 Å². The maximum absolute atomic E-state index is 5.77. The van der Waals surface area contributed by atoms with Gasteiger partial charge in [0.25, 0.3) is 0 Å². The molecule has 0 unspecified atom stereocenters. The zero-order valence-corrected chi connectivity index (χ0v) is 11.1. The number of alkyl halides is 1. The number of halogens is 1. The van der Waals surface area contributed by atoms with Crippen molar-refractivity contribution in [1.29, 1.82) is 0 Å². The molecule has 0 saturated heterocycles. The topological polar surface area (TPSA) is 55.1 Å². The highest BCUT2D eigenvalue weighted by atomic mass is 35.5. The normalized spacial score (nSPS) is 10.8. The lowest BCUT2D eigenvalue weighted by Crippen LogP contribution is -1.98. The number of anilines is 2. The summed E-state index contributed by atoms with van der Waals surface area (Å²) in [7, 11) is 0. The Balaban J connectivity index is 1.96. The van der Waals surface area contributed by atoms with Crippen LogP contribution in [-0.2, 0) is 5.88 Å². The lowest BCUT2D eigenvalue weighted by molar-refractivity contribution is 1.00. The molecule has 5 nitrogen and oxygen atoms in total. The second-order valence-electron chi connectivity index (χ2n) is 4.17. The summed E-state index contributed by atoms with van der Waals surface area (Å²) in [6.45, 7) is 1.90. The number of hydrogen-bond acceptors (Lipinski definition) is 4. The van der Waals surface area contributed by atoms with E-state index in [1.54, 1.807) is 6.20 Å². The molecule has 3 rings (SSSR count). The Morgan fingerprint density at radius 2 is 2.00 bits per heavy atom. The summed E-state index contributed by atoms with van der Waals surface area (Å²) >= 11 is 5.77. The molecule has 6 heteroatoms. The third-order valence-electron chi connectivity index (χ3n) is 2.87. The molecule has 0 fully saturated rings. The van der Waals surface area contributed by atoms with Gasteiger partial charge in [-0.25, -0.2) is 4.98 Å². The van der Waals surface area contributed by atoms with Gasteiger partial charge in [-0.1, -0.05) is 12.1 Å². The average Bonchev–Trinajstić information content (AvgIpc) is 2.83. The zero-order valence-electron chi connectivity index (χ0n) is 10.3. The van der Waals surface area contributed by atoms with Crippen LogP contribution in [0.25, 0.3) is 5.65 Å². The van der Waals surface area contributed by atoms with Crippen molar-refractivity contribution in [3.05, 3.63) is 48.0 Å². The van der Waals surface area contributed by atoms with Gasteiger partial charge in [0.05, 0.1) is 0 Å². The van der Waals surface area contributed by atoms with Gasteiger partial charge in [0.15, 0.2) is 5.82 Å². The molecular formula is C13H12ClN5. The van der Waals surface area contributed by atoms with Gasteiger partial charge in [-0.15, -0.1) is 21.8 Å². The Labute approximate surface area is 115 Å². The Bertz CT molecular complexity index is 705. The molecule has 0 saturated carbocycles. The van der Waals surface area contributed by atoms with Gasteiger partial charge in [-0.2, -0.15) is 0 Å². The van der Waals surface area contributed by atoms with E-state index in [2.05, 4.69) is 20.5 Å². The SMILES string of the molecule is Cc1nnc2c(Nc3ccc(CCl)cc3)nccn12. The average molecular weight is 274 g/mol. The lowest BCUT2D eigenvalue weighted by atomic mass is 10.2. The van der Waals surface area contributed by atoms with Crippen LogP contribution in [0.2, 0.25) is 0 Å². The molecule has 2 aromatic heterocycles. The summed E-state index contributed by atoms with van der Waals surface area (Å²) < 4.78 is 1.89. The van der Waals surface area contributed by atoms with Crippen molar-refractivity contribution in [3.8, 4) is 0 Å². The lowest BCUT2D eigenvalue weighted by Gasteiger charge is -2.06. The van der Waals surface area contributed by atoms with E-state index < -0.39 is 0 Å². The van der Waals surface area contributed by atoms with Crippen molar-refractivity contribution >= 4 is 28.8 Å². The predicted octanol–water partition coefficient (Wildman–Crippen LogP) is 2.92. The summed E-state index contributed by atoms with van der Waals surface area (Å²) in [6, 6.07) is 7.88. The Hall–Kier alpha value is -2.14. The van der Waals surface area contributed by atoms with Crippen molar-refractivity contribution in [2.45, 2.75) is 12.8 Å². The first kappa shape index (κ1) is 11.9. The number of nitrogens with zero attached hydrogens (tertiary/aromatic N) is 4. The van der Waals surface area contributed by atoms with E-state index in [0.717, 1.165) is 17.1 Å². The summed E-state index contributed by atoms with van der Waals surface area (Å²) in [6.07, 6.45) is 3.56. The molecule has 0 radical (unpaired) electrons. The van der Waals surface area contributed by atoms with Crippen LogP contribution in [-0.4, -0.2) is 19.6 Å². The summed E-state index contributed by atoms with van der Waals surface area (Å²) in [5.74, 6) is 2.02. The van der Waals surface area contributed by atoms with Crippen LogP contribution in [0.5, 0.6) is 0 Å². The van der Waals surface area contributed by atoms with E-state index in [1.165, 1.54) is 0 Å². The first-order chi connectivity index (χ1) is 9.28. The van der Waals surface area contributed by atoms with Gasteiger partial charge in [0, 0.05) is 24.0 Å². The van der Waals surface area contributed by atoms with E-state index >= 15 is 0 Å². The standard InChI is InChI=1S/C13H12ClN5/c1-9-17-18-13-12(15-6-7-19(9)13)16-11-4-2-10(8-14)3-5-11/h2-7H,8H2,1H3,(H,15,16). The van der Waals surface area contributed by atoms with Crippen LogP contribution in [0.4, 0.5) is 11.5 Å². The van der Waals surface area contributed by atoms with Crippen LogP contribution < -0.4 is 5.32 Å². The Morgan fingerprint density at radius 1 is 1.21 bits per heavy atom. The molecule has 0 bridgehead atoms. The zero-order chi connectivity index (χ0) is 13.2. The summed E-state index contributed by atoms with van der Waals surface area (Å²) in [4.78, 5) is 4.30. The molecule has 0 aliphatic carbocycles. The van der Waals surface area contributed by atoms with Gasteiger partial charge in [-0.05, 0) is 24.6 Å². The molecular weight excluding hydrogens is 262 g/mol. The van der Waals surface area contributed by atoms with Gasteiger partial charge in [-0.3, -0.25) is 4.40 Å². The van der Waals surface area contributed by atoms with E-state index in [4.69, 9.17) is 11.6 Å². The number of aromatic nitrogens is 4. The molecule has 3 aromatic rings. The highest BCUT2D eigenvalue weighted by Gasteiger charge is 2.07. The van der Waals surface area contributed by atoms with Crippen LogP contribution in [0.1, 0.15) is 11.4 Å². The third kappa shape index (κ3) is 2.24. The summed E-state index contributed by atoms with van der Waals surface area (Å²) in [5.41, 5.74) is 2.73. The number of nitrogens with one attached hydrogen (secondary N) is 1. The van der Waals surface area contributed by atoms with Gasteiger partial charge in [0.1, 0.15) is 5.82 Å². The fourth-order valence-corrected chi connectivity index (χ4v) is 2.02. The molecule has 0 aliphatic heterocycles. The largest absolute Gasteiger partial charge is 0.337 e. The smallest absolute Gasteiger partial charge is 0.204 e. The number of benzene rings is 1. The van der Waals surface area contributed by atoms with Crippen LogP contribution >= 0.6 is 11.6 Å². The number of aryl methyl sites for hydroxylation is 1. The van der Waals surface area contributed by atoms with E-state index in [-0.39, 0.29) is 0 Å². The highest BCUT2D eigenvalue weighted by Crippen LogP contribution is 2.19. The molecule has 2 heterocycles. The predicted molar refractivity (Wildman–Crippen MR) is 74.8 cm³/mol. The second-order valence-corrected chi connectivity index (χ2v) is 4.44. The Kier molecular flexibility index (Phi) is 3.05. The van der Waals surface area contributed by atoms with Gasteiger partial charge in [0.2, 0.25) is 5.65 Å². The molecule has 1 N–H and O–H groups in total. The van der Waals surface area contributed by atoms with Crippen LogP contribution in [0, 0.1) is 6.92 Å². The van der Waals surface area contributed by atoms with Crippen LogP contribution in [0.15, 0.2) is 36.7 Å². The minimum absolute atomic E-state index is 0.511. The van der Waals surface area contributed by atoms with Crippen molar-refractivity contribution < 1.29 is 0 Å². The molecule has 19 heavy (non-hydrogen) atoms. The van der Waals surface area contributed by atoms with Crippen molar-refractivity contribution in [2.24, 2.45) is 0 Å². The van der Waals surface area contributed by atoms with Gasteiger partial charge < -0.3 is 5.32 Å². The van der Waals surface area contributed by atoms with E-state index in [9.17, 15) is 0 Å². The minimum Gasteiger partial charge on any atom is -0.337 e. The molecule has 0 atom stereocenters. The monoisotopic (exact) mass is 273 g/mol. The number of hydrogen-bond donors (Lipinski definition) is 1. The maximum atomic E-state index is 5.77. The quantitative estimate of drug-likeness (QED) is 0.746. The minimum atomic E-state index is 0.511. The highest BCUT2D eigenvalue weighted by molar-refractivity contribution is 6.17.